The second-order valence-corrected chi connectivity index (χ2v) is 9.59. The Kier molecular flexibility index (Phi) is 4.25. The third kappa shape index (κ3) is 2.59. The Hall–Kier alpha value is -1.71. The Bertz CT molecular complexity index is 762. The lowest BCUT2D eigenvalue weighted by Gasteiger charge is -2.57. The molecule has 4 rings (SSSR count). The second kappa shape index (κ2) is 6.15. The largest absolute Gasteiger partial charge is 0.461 e. The van der Waals surface area contributed by atoms with Gasteiger partial charge in [0.25, 0.3) is 0 Å². The zero-order valence-electron chi connectivity index (χ0n) is 16.8. The highest BCUT2D eigenvalue weighted by atomic mass is 16.5. The number of allylic oxidation sites excluding steroid dienone is 3. The molecule has 0 heterocycles. The third-order valence-corrected chi connectivity index (χ3v) is 8.39. The fourth-order valence-corrected chi connectivity index (χ4v) is 7.06. The van der Waals surface area contributed by atoms with Crippen LogP contribution in [0.1, 0.15) is 59.8 Å². The van der Waals surface area contributed by atoms with Gasteiger partial charge in [-0.25, -0.2) is 0 Å². The van der Waals surface area contributed by atoms with Crippen molar-refractivity contribution < 1.29 is 19.1 Å². The zero-order chi connectivity index (χ0) is 19.6. The number of Topliss-reactive ketones (excluding diaryl/α,β-unsaturated/α-hetero) is 1. The molecule has 0 aromatic carbocycles. The first kappa shape index (κ1) is 18.6. The number of ketones is 2. The highest BCUT2D eigenvalue weighted by Crippen LogP contribution is 2.65. The molecule has 0 bridgehead atoms. The summed E-state index contributed by atoms with van der Waals surface area (Å²) in [6.07, 6.45) is 10.1. The fraction of sp³-hybridized carbons (Fsp3) is 0.696. The van der Waals surface area contributed by atoms with E-state index < -0.39 is 6.10 Å². The van der Waals surface area contributed by atoms with Crippen LogP contribution >= 0.6 is 0 Å². The Labute approximate surface area is 161 Å². The Balaban J connectivity index is 1.74. The van der Waals surface area contributed by atoms with E-state index in [0.29, 0.717) is 23.5 Å². The summed E-state index contributed by atoms with van der Waals surface area (Å²) in [5.74, 6) is 1.41. The summed E-state index contributed by atoms with van der Waals surface area (Å²) in [6, 6.07) is 0. The molecular weight excluding hydrogens is 340 g/mol. The van der Waals surface area contributed by atoms with Gasteiger partial charge < -0.3 is 4.74 Å². The molecule has 4 aliphatic carbocycles. The summed E-state index contributed by atoms with van der Waals surface area (Å²) >= 11 is 0. The lowest BCUT2D eigenvalue weighted by molar-refractivity contribution is -0.160. The van der Waals surface area contributed by atoms with Gasteiger partial charge in [0.15, 0.2) is 5.78 Å². The minimum atomic E-state index is -0.394. The van der Waals surface area contributed by atoms with Gasteiger partial charge in [0.1, 0.15) is 11.9 Å². The van der Waals surface area contributed by atoms with Gasteiger partial charge in [-0.3, -0.25) is 14.4 Å². The summed E-state index contributed by atoms with van der Waals surface area (Å²) in [5, 5.41) is 0. The van der Waals surface area contributed by atoms with E-state index >= 15 is 0 Å². The normalized spacial score (nSPS) is 45.4. The lowest BCUT2D eigenvalue weighted by Crippen LogP contribution is -2.55. The Morgan fingerprint density at radius 2 is 1.85 bits per heavy atom. The highest BCUT2D eigenvalue weighted by molar-refractivity contribution is 5.93. The van der Waals surface area contributed by atoms with E-state index in [1.807, 2.05) is 0 Å². The van der Waals surface area contributed by atoms with E-state index in [9.17, 15) is 14.4 Å². The van der Waals surface area contributed by atoms with Crippen LogP contribution in [0.4, 0.5) is 0 Å². The third-order valence-electron chi connectivity index (χ3n) is 8.39. The van der Waals surface area contributed by atoms with Crippen molar-refractivity contribution in [3.05, 3.63) is 23.8 Å². The predicted octanol–water partition coefficient (Wildman–Crippen LogP) is 4.04. The van der Waals surface area contributed by atoms with Crippen LogP contribution in [0.15, 0.2) is 23.8 Å². The molecule has 4 heteroatoms. The monoisotopic (exact) mass is 370 g/mol. The minimum Gasteiger partial charge on any atom is -0.461 e. The summed E-state index contributed by atoms with van der Waals surface area (Å²) in [7, 11) is 0. The number of carbonyl (C=O) groups excluding carboxylic acids is 3. The first-order valence-corrected chi connectivity index (χ1v) is 10.3. The van der Waals surface area contributed by atoms with Gasteiger partial charge in [-0.1, -0.05) is 26.0 Å². The van der Waals surface area contributed by atoms with Crippen LogP contribution in [0.2, 0.25) is 0 Å². The van der Waals surface area contributed by atoms with Crippen LogP contribution in [0.3, 0.4) is 0 Å². The molecule has 1 unspecified atom stereocenters. The maximum Gasteiger partial charge on any atom is 0.302 e. The molecule has 0 aliphatic heterocycles. The number of esters is 1. The molecule has 0 aromatic heterocycles. The first-order valence-electron chi connectivity index (χ1n) is 10.3. The van der Waals surface area contributed by atoms with Gasteiger partial charge in [-0.15, -0.1) is 0 Å². The van der Waals surface area contributed by atoms with Gasteiger partial charge in [-0.05, 0) is 67.4 Å². The molecule has 2 saturated carbocycles. The van der Waals surface area contributed by atoms with Crippen molar-refractivity contribution in [3.8, 4) is 0 Å². The zero-order valence-corrected chi connectivity index (χ0v) is 16.8. The summed E-state index contributed by atoms with van der Waals surface area (Å²) < 4.78 is 5.69. The van der Waals surface area contributed by atoms with Crippen molar-refractivity contribution in [2.75, 3.05) is 0 Å². The molecule has 27 heavy (non-hydrogen) atoms. The fourth-order valence-electron chi connectivity index (χ4n) is 7.06. The van der Waals surface area contributed by atoms with Crippen molar-refractivity contribution >= 4 is 17.5 Å². The number of ether oxygens (including phenoxy) is 1. The average molecular weight is 370 g/mol. The van der Waals surface area contributed by atoms with Crippen LogP contribution in [0.25, 0.3) is 0 Å². The Morgan fingerprint density at radius 1 is 1.11 bits per heavy atom. The van der Waals surface area contributed by atoms with Crippen molar-refractivity contribution in [2.24, 2.45) is 34.5 Å². The van der Waals surface area contributed by atoms with Crippen molar-refractivity contribution in [3.63, 3.8) is 0 Å². The van der Waals surface area contributed by atoms with E-state index in [0.717, 1.165) is 31.3 Å². The smallest absolute Gasteiger partial charge is 0.302 e. The Morgan fingerprint density at radius 3 is 2.52 bits per heavy atom. The number of carbonyl (C=O) groups is 3. The molecule has 2 fully saturated rings. The van der Waals surface area contributed by atoms with Gasteiger partial charge in [-0.2, -0.15) is 0 Å². The number of fused-ring (bicyclic) bond motifs is 5. The van der Waals surface area contributed by atoms with Crippen molar-refractivity contribution in [1.29, 1.82) is 0 Å². The summed E-state index contributed by atoms with van der Waals surface area (Å²) in [4.78, 5) is 36.2. The minimum absolute atomic E-state index is 0.0370. The SMILES string of the molecule is CC(=O)OC1CC(=O)C=C2C=C[C@H]3[C@@H]4CC[C@H](C(C)=O)[C@@]4(C)CC[C@@H]3[C@]21C. The quantitative estimate of drug-likeness (QED) is 0.688. The van der Waals surface area contributed by atoms with Crippen molar-refractivity contribution in [2.45, 2.75) is 65.9 Å². The van der Waals surface area contributed by atoms with E-state index in [4.69, 9.17) is 4.74 Å². The summed E-state index contributed by atoms with van der Waals surface area (Å²) in [6.45, 7) is 7.66. The van der Waals surface area contributed by atoms with Gasteiger partial charge in [0, 0.05) is 24.7 Å². The van der Waals surface area contributed by atoms with Crippen molar-refractivity contribution in [1.82, 2.24) is 0 Å². The van der Waals surface area contributed by atoms with E-state index in [1.54, 1.807) is 13.0 Å². The van der Waals surface area contributed by atoms with Crippen LogP contribution in [0.5, 0.6) is 0 Å². The van der Waals surface area contributed by atoms with E-state index in [1.165, 1.54) is 6.92 Å². The summed E-state index contributed by atoms with van der Waals surface area (Å²) in [5.41, 5.74) is 0.751. The van der Waals surface area contributed by atoms with Gasteiger partial charge >= 0.3 is 5.97 Å². The van der Waals surface area contributed by atoms with Crippen LogP contribution < -0.4 is 0 Å². The van der Waals surface area contributed by atoms with Crippen LogP contribution in [0, 0.1) is 34.5 Å². The molecule has 0 spiro atoms. The van der Waals surface area contributed by atoms with Crippen LogP contribution in [-0.2, 0) is 19.1 Å². The first-order chi connectivity index (χ1) is 12.7. The maximum absolute atomic E-state index is 12.2. The van der Waals surface area contributed by atoms with Gasteiger partial charge in [0.05, 0.1) is 0 Å². The number of hydrogen-bond donors (Lipinski definition) is 0. The molecule has 0 aromatic rings. The molecular formula is C23H30O4. The van der Waals surface area contributed by atoms with E-state index in [-0.39, 0.29) is 34.9 Å². The molecule has 0 radical (unpaired) electrons. The molecule has 146 valence electrons. The number of hydrogen-bond acceptors (Lipinski definition) is 4. The maximum atomic E-state index is 12.2. The van der Waals surface area contributed by atoms with Gasteiger partial charge in [0.2, 0.25) is 0 Å². The standard InChI is InChI=1S/C23H30O4/c1-13(24)18-7-8-19-17-6-5-15-11-16(26)12-21(27-14(2)25)23(15,4)20(17)9-10-22(18,19)3/h5-6,11,17-21H,7-10,12H2,1-4H3/t17-,18+,19-,20-,21?,22+,23-/m0/s1. The number of rotatable bonds is 2. The predicted molar refractivity (Wildman–Crippen MR) is 102 cm³/mol. The van der Waals surface area contributed by atoms with E-state index in [2.05, 4.69) is 26.0 Å². The molecule has 4 aliphatic rings. The molecule has 0 saturated heterocycles. The molecule has 0 N–H and O–H groups in total. The molecule has 7 atom stereocenters. The topological polar surface area (TPSA) is 60.4 Å². The molecule has 4 nitrogen and oxygen atoms in total. The lowest BCUT2D eigenvalue weighted by atomic mass is 9.48. The highest BCUT2D eigenvalue weighted by Gasteiger charge is 2.61. The molecule has 0 amide bonds. The average Bonchev–Trinajstić information content (AvgIpc) is 2.93. The van der Waals surface area contributed by atoms with Crippen LogP contribution in [-0.4, -0.2) is 23.6 Å². The second-order valence-electron chi connectivity index (χ2n) is 9.59.